The van der Waals surface area contributed by atoms with Crippen LogP contribution in [0.15, 0.2) is 78.9 Å². The lowest BCUT2D eigenvalue weighted by Crippen LogP contribution is -1.90. The maximum atomic E-state index is 5.35. The van der Waals surface area contributed by atoms with Gasteiger partial charge in [0.1, 0.15) is 5.75 Å². The van der Waals surface area contributed by atoms with Crippen molar-refractivity contribution in [2.24, 2.45) is 0 Å². The molecule has 0 radical (unpaired) electrons. The van der Waals surface area contributed by atoms with Crippen molar-refractivity contribution in [3.8, 4) is 40.9 Å². The van der Waals surface area contributed by atoms with E-state index in [4.69, 9.17) is 14.2 Å². The highest BCUT2D eigenvalue weighted by atomic mass is 16.5. The molecule has 0 aliphatic heterocycles. The standard InChI is InChI=1S/C29H22O3/c1-30-27-6-4-5-21(19-27)7-8-22-11-14-25-15-12-23(18-26(25)17-22)9-10-24-13-16-28(31-2)29(20-24)32-3/h4-6,11-20H,1-3H3. The van der Waals surface area contributed by atoms with Crippen LogP contribution in [0.3, 0.4) is 0 Å². The van der Waals surface area contributed by atoms with Crippen molar-refractivity contribution in [1.82, 2.24) is 0 Å². The Labute approximate surface area is 188 Å². The van der Waals surface area contributed by atoms with Gasteiger partial charge in [0, 0.05) is 22.3 Å². The third-order valence-corrected chi connectivity index (χ3v) is 5.00. The average molecular weight is 418 g/mol. The van der Waals surface area contributed by atoms with E-state index >= 15 is 0 Å². The van der Waals surface area contributed by atoms with Crippen molar-refractivity contribution >= 4 is 10.8 Å². The van der Waals surface area contributed by atoms with E-state index in [1.165, 1.54) is 0 Å². The fraction of sp³-hybridized carbons (Fsp3) is 0.103. The van der Waals surface area contributed by atoms with Gasteiger partial charge < -0.3 is 14.2 Å². The highest BCUT2D eigenvalue weighted by molar-refractivity contribution is 5.85. The average Bonchev–Trinajstić information content (AvgIpc) is 2.85. The molecule has 4 rings (SSSR count). The van der Waals surface area contributed by atoms with Crippen LogP contribution in [0.1, 0.15) is 22.3 Å². The van der Waals surface area contributed by atoms with Crippen molar-refractivity contribution < 1.29 is 14.2 Å². The molecule has 0 saturated heterocycles. The topological polar surface area (TPSA) is 27.7 Å². The number of benzene rings is 4. The van der Waals surface area contributed by atoms with Crippen LogP contribution >= 0.6 is 0 Å². The van der Waals surface area contributed by atoms with Crippen LogP contribution in [0.4, 0.5) is 0 Å². The maximum absolute atomic E-state index is 5.35. The Morgan fingerprint density at radius 1 is 0.469 bits per heavy atom. The molecule has 0 spiro atoms. The zero-order valence-corrected chi connectivity index (χ0v) is 18.2. The minimum absolute atomic E-state index is 0.664. The largest absolute Gasteiger partial charge is 0.497 e. The molecule has 0 amide bonds. The predicted molar refractivity (Wildman–Crippen MR) is 128 cm³/mol. The Hall–Kier alpha value is -4.34. The molecule has 0 heterocycles. The van der Waals surface area contributed by atoms with Crippen molar-refractivity contribution in [3.05, 3.63) is 101 Å². The van der Waals surface area contributed by atoms with Crippen molar-refractivity contribution in [3.63, 3.8) is 0 Å². The first-order valence-corrected chi connectivity index (χ1v) is 10.1. The zero-order chi connectivity index (χ0) is 22.3. The highest BCUT2D eigenvalue weighted by Gasteiger charge is 2.03. The summed E-state index contributed by atoms with van der Waals surface area (Å²) in [6, 6.07) is 25.8. The van der Waals surface area contributed by atoms with E-state index in [0.717, 1.165) is 38.8 Å². The van der Waals surface area contributed by atoms with Crippen LogP contribution < -0.4 is 14.2 Å². The molecule has 156 valence electrons. The first-order valence-electron chi connectivity index (χ1n) is 10.1. The number of hydrogen-bond donors (Lipinski definition) is 0. The first-order chi connectivity index (χ1) is 15.7. The van der Waals surface area contributed by atoms with E-state index in [0.29, 0.717) is 11.5 Å². The maximum Gasteiger partial charge on any atom is 0.161 e. The lowest BCUT2D eigenvalue weighted by molar-refractivity contribution is 0.355. The second kappa shape index (κ2) is 9.65. The number of methoxy groups -OCH3 is 3. The van der Waals surface area contributed by atoms with E-state index < -0.39 is 0 Å². The Kier molecular flexibility index (Phi) is 6.30. The van der Waals surface area contributed by atoms with Gasteiger partial charge in [-0.3, -0.25) is 0 Å². The normalized spacial score (nSPS) is 9.84. The van der Waals surface area contributed by atoms with Crippen molar-refractivity contribution in [1.29, 1.82) is 0 Å². The molecular formula is C29H22O3. The SMILES string of the molecule is COc1cccc(C#Cc2ccc3ccc(C#Cc4ccc(OC)c(OC)c4)cc3c2)c1. The lowest BCUT2D eigenvalue weighted by atomic mass is 10.0. The smallest absolute Gasteiger partial charge is 0.161 e. The Morgan fingerprint density at radius 2 is 1.03 bits per heavy atom. The zero-order valence-electron chi connectivity index (χ0n) is 18.2. The lowest BCUT2D eigenvalue weighted by Gasteiger charge is -2.06. The highest BCUT2D eigenvalue weighted by Crippen LogP contribution is 2.27. The molecule has 4 aromatic rings. The first kappa shape index (κ1) is 20.9. The van der Waals surface area contributed by atoms with Gasteiger partial charge in [0.2, 0.25) is 0 Å². The third kappa shape index (κ3) is 4.86. The molecular weight excluding hydrogens is 396 g/mol. The van der Waals surface area contributed by atoms with E-state index in [2.05, 4.69) is 47.9 Å². The van der Waals surface area contributed by atoms with Crippen molar-refractivity contribution in [2.75, 3.05) is 21.3 Å². The molecule has 0 aliphatic carbocycles. The van der Waals surface area contributed by atoms with Gasteiger partial charge in [0.15, 0.2) is 11.5 Å². The molecule has 0 aromatic heterocycles. The van der Waals surface area contributed by atoms with Crippen LogP contribution in [-0.2, 0) is 0 Å². The minimum atomic E-state index is 0.664. The molecule has 32 heavy (non-hydrogen) atoms. The van der Waals surface area contributed by atoms with E-state index in [1.807, 2.05) is 54.6 Å². The summed E-state index contributed by atoms with van der Waals surface area (Å²) >= 11 is 0. The molecule has 0 saturated carbocycles. The molecule has 3 heteroatoms. The molecule has 4 aromatic carbocycles. The Bertz CT molecular complexity index is 1390. The molecule has 3 nitrogen and oxygen atoms in total. The van der Waals surface area contributed by atoms with Gasteiger partial charge >= 0.3 is 0 Å². The van der Waals surface area contributed by atoms with Gasteiger partial charge in [-0.2, -0.15) is 0 Å². The summed E-state index contributed by atoms with van der Waals surface area (Å²) in [5.74, 6) is 15.0. The van der Waals surface area contributed by atoms with Gasteiger partial charge in [-0.15, -0.1) is 0 Å². The monoisotopic (exact) mass is 418 g/mol. The van der Waals surface area contributed by atoms with Crippen LogP contribution in [0.2, 0.25) is 0 Å². The summed E-state index contributed by atoms with van der Waals surface area (Å²) in [7, 11) is 4.89. The molecule has 0 bridgehead atoms. The van der Waals surface area contributed by atoms with E-state index in [9.17, 15) is 0 Å². The number of rotatable bonds is 3. The van der Waals surface area contributed by atoms with Gasteiger partial charge in [0.25, 0.3) is 0 Å². The minimum Gasteiger partial charge on any atom is -0.497 e. The summed E-state index contributed by atoms with van der Waals surface area (Å²) in [5, 5.41) is 2.25. The molecule has 0 atom stereocenters. The number of ether oxygens (including phenoxy) is 3. The predicted octanol–water partition coefficient (Wildman–Crippen LogP) is 5.67. The van der Waals surface area contributed by atoms with Crippen LogP contribution in [-0.4, -0.2) is 21.3 Å². The van der Waals surface area contributed by atoms with Gasteiger partial charge in [0.05, 0.1) is 21.3 Å². The van der Waals surface area contributed by atoms with E-state index in [-0.39, 0.29) is 0 Å². The van der Waals surface area contributed by atoms with Gasteiger partial charge in [-0.05, 0) is 71.4 Å². The molecule has 0 unspecified atom stereocenters. The van der Waals surface area contributed by atoms with Crippen LogP contribution in [0.25, 0.3) is 10.8 Å². The fourth-order valence-corrected chi connectivity index (χ4v) is 3.31. The van der Waals surface area contributed by atoms with Crippen LogP contribution in [0, 0.1) is 23.7 Å². The summed E-state index contributed by atoms with van der Waals surface area (Å²) in [6.45, 7) is 0. The number of fused-ring (bicyclic) bond motifs is 1. The Balaban J connectivity index is 1.61. The summed E-state index contributed by atoms with van der Waals surface area (Å²) in [4.78, 5) is 0. The summed E-state index contributed by atoms with van der Waals surface area (Å²) in [5.41, 5.74) is 3.66. The second-order valence-electron chi connectivity index (χ2n) is 7.08. The third-order valence-electron chi connectivity index (χ3n) is 5.00. The number of hydrogen-bond acceptors (Lipinski definition) is 3. The fourth-order valence-electron chi connectivity index (χ4n) is 3.31. The summed E-state index contributed by atoms with van der Waals surface area (Å²) in [6.07, 6.45) is 0. The Morgan fingerprint density at radius 3 is 1.62 bits per heavy atom. The molecule has 0 fully saturated rings. The van der Waals surface area contributed by atoms with Crippen LogP contribution in [0.5, 0.6) is 17.2 Å². The quantitative estimate of drug-likeness (QED) is 0.402. The summed E-state index contributed by atoms with van der Waals surface area (Å²) < 4.78 is 15.9. The second-order valence-corrected chi connectivity index (χ2v) is 7.08. The van der Waals surface area contributed by atoms with Crippen molar-refractivity contribution in [2.45, 2.75) is 0 Å². The van der Waals surface area contributed by atoms with Gasteiger partial charge in [-0.1, -0.05) is 41.9 Å². The van der Waals surface area contributed by atoms with Gasteiger partial charge in [-0.25, -0.2) is 0 Å². The molecule has 0 N–H and O–H groups in total. The van der Waals surface area contributed by atoms with E-state index in [1.54, 1.807) is 21.3 Å². The molecule has 0 aliphatic rings.